The van der Waals surface area contributed by atoms with E-state index in [4.69, 9.17) is 9.47 Å². The van der Waals surface area contributed by atoms with E-state index in [2.05, 4.69) is 28.3 Å². The second-order valence-corrected chi connectivity index (χ2v) is 9.14. The number of hydrogen-bond acceptors (Lipinski definition) is 5. The first-order valence-corrected chi connectivity index (χ1v) is 10.6. The zero-order valence-electron chi connectivity index (χ0n) is 17.1. The summed E-state index contributed by atoms with van der Waals surface area (Å²) in [4.78, 5) is 9.10. The number of anilines is 1. The third kappa shape index (κ3) is 3.64. The standard InChI is InChI=1S/C23H28FN3O2/c1-22(8-9-22)12-18-19(21-28-10-11-29-21)20(27-14-26-18)25-13-15-4-3-5-17-16(15)6-7-23(17,2)24/h3-5,14,21H,6-13H2,1-2H3,(H,25,26,27). The van der Waals surface area contributed by atoms with Gasteiger partial charge in [0, 0.05) is 6.54 Å². The molecule has 5 rings (SSSR count). The maximum atomic E-state index is 14.8. The molecule has 3 aliphatic rings. The Morgan fingerprint density at radius 2 is 1.93 bits per heavy atom. The molecule has 1 aliphatic heterocycles. The van der Waals surface area contributed by atoms with Crippen LogP contribution in [0.4, 0.5) is 10.2 Å². The molecule has 1 unspecified atom stereocenters. The van der Waals surface area contributed by atoms with Crippen molar-refractivity contribution >= 4 is 5.82 Å². The van der Waals surface area contributed by atoms with Crippen molar-refractivity contribution in [2.24, 2.45) is 5.41 Å². The highest BCUT2D eigenvalue weighted by Crippen LogP contribution is 2.49. The van der Waals surface area contributed by atoms with E-state index in [1.807, 2.05) is 12.1 Å². The summed E-state index contributed by atoms with van der Waals surface area (Å²) < 4.78 is 26.4. The van der Waals surface area contributed by atoms with Crippen molar-refractivity contribution in [1.29, 1.82) is 0 Å². The number of nitrogens with one attached hydrogen (secondary N) is 1. The fourth-order valence-corrected chi connectivity index (χ4v) is 4.54. The molecular weight excluding hydrogens is 369 g/mol. The van der Waals surface area contributed by atoms with Crippen LogP contribution in [0.3, 0.4) is 0 Å². The molecular formula is C23H28FN3O2. The molecule has 1 saturated heterocycles. The van der Waals surface area contributed by atoms with Gasteiger partial charge in [-0.15, -0.1) is 0 Å². The van der Waals surface area contributed by atoms with Gasteiger partial charge in [-0.3, -0.25) is 0 Å². The first-order chi connectivity index (χ1) is 14.0. The summed E-state index contributed by atoms with van der Waals surface area (Å²) in [7, 11) is 0. The molecule has 0 spiro atoms. The normalized spacial score (nSPS) is 25.2. The Kier molecular flexibility index (Phi) is 4.59. The molecule has 6 heteroatoms. The predicted molar refractivity (Wildman–Crippen MR) is 108 cm³/mol. The lowest BCUT2D eigenvalue weighted by Crippen LogP contribution is -2.15. The summed E-state index contributed by atoms with van der Waals surface area (Å²) in [5.41, 5.74) is 4.08. The molecule has 1 atom stereocenters. The lowest BCUT2D eigenvalue weighted by atomic mass is 9.97. The molecule has 5 nitrogen and oxygen atoms in total. The molecule has 2 aliphatic carbocycles. The van der Waals surface area contributed by atoms with E-state index in [0.29, 0.717) is 31.6 Å². The number of benzene rings is 1. The Morgan fingerprint density at radius 3 is 2.69 bits per heavy atom. The molecule has 1 aromatic carbocycles. The van der Waals surface area contributed by atoms with Gasteiger partial charge in [0.1, 0.15) is 17.8 Å². The highest BCUT2D eigenvalue weighted by molar-refractivity contribution is 5.50. The largest absolute Gasteiger partial charge is 0.365 e. The molecule has 0 amide bonds. The van der Waals surface area contributed by atoms with E-state index in [9.17, 15) is 4.39 Å². The maximum absolute atomic E-state index is 14.8. The number of halogens is 1. The van der Waals surface area contributed by atoms with Crippen LogP contribution in [0.1, 0.15) is 67.3 Å². The van der Waals surface area contributed by atoms with Crippen LogP contribution < -0.4 is 5.32 Å². The highest BCUT2D eigenvalue weighted by atomic mass is 19.1. The SMILES string of the molecule is CC1(Cc2ncnc(NCc3cccc4c3CCC4(C)F)c2C2OCCO2)CC1. The van der Waals surface area contributed by atoms with Crippen molar-refractivity contribution < 1.29 is 13.9 Å². The molecule has 2 aromatic rings. The molecule has 1 aromatic heterocycles. The Morgan fingerprint density at radius 1 is 1.14 bits per heavy atom. The Labute approximate surface area is 171 Å². The van der Waals surface area contributed by atoms with Gasteiger partial charge in [0.25, 0.3) is 0 Å². The molecule has 1 saturated carbocycles. The third-order valence-electron chi connectivity index (χ3n) is 6.65. The topological polar surface area (TPSA) is 56.3 Å². The number of hydrogen-bond donors (Lipinski definition) is 1. The van der Waals surface area contributed by atoms with E-state index >= 15 is 0 Å². The number of rotatable bonds is 6. The van der Waals surface area contributed by atoms with E-state index in [1.54, 1.807) is 13.3 Å². The van der Waals surface area contributed by atoms with Crippen molar-refractivity contribution in [2.45, 2.75) is 64.5 Å². The number of aromatic nitrogens is 2. The van der Waals surface area contributed by atoms with Crippen molar-refractivity contribution in [1.82, 2.24) is 9.97 Å². The van der Waals surface area contributed by atoms with Gasteiger partial charge in [-0.2, -0.15) is 0 Å². The fraction of sp³-hybridized carbons (Fsp3) is 0.565. The van der Waals surface area contributed by atoms with Gasteiger partial charge >= 0.3 is 0 Å². The number of fused-ring (bicyclic) bond motifs is 1. The number of nitrogens with zero attached hydrogens (tertiary/aromatic N) is 2. The lowest BCUT2D eigenvalue weighted by Gasteiger charge is -2.20. The van der Waals surface area contributed by atoms with Crippen molar-refractivity contribution in [3.63, 3.8) is 0 Å². The summed E-state index contributed by atoms with van der Waals surface area (Å²) >= 11 is 0. The Balaban J connectivity index is 1.43. The van der Waals surface area contributed by atoms with Crippen molar-refractivity contribution in [3.8, 4) is 0 Å². The van der Waals surface area contributed by atoms with Crippen LogP contribution in [0.25, 0.3) is 0 Å². The van der Waals surface area contributed by atoms with Gasteiger partial charge in [0.15, 0.2) is 6.29 Å². The molecule has 0 radical (unpaired) electrons. The van der Waals surface area contributed by atoms with E-state index in [1.165, 1.54) is 12.8 Å². The van der Waals surface area contributed by atoms with Crippen LogP contribution in [0.5, 0.6) is 0 Å². The highest BCUT2D eigenvalue weighted by Gasteiger charge is 2.40. The van der Waals surface area contributed by atoms with Gasteiger partial charge < -0.3 is 14.8 Å². The molecule has 29 heavy (non-hydrogen) atoms. The summed E-state index contributed by atoms with van der Waals surface area (Å²) in [6.07, 6.45) is 5.87. The summed E-state index contributed by atoms with van der Waals surface area (Å²) in [5, 5.41) is 3.48. The number of ether oxygens (including phenoxy) is 2. The summed E-state index contributed by atoms with van der Waals surface area (Å²) in [5.74, 6) is 0.754. The van der Waals surface area contributed by atoms with E-state index in [0.717, 1.165) is 46.6 Å². The minimum atomic E-state index is -1.23. The molecule has 1 N–H and O–H groups in total. The zero-order valence-corrected chi connectivity index (χ0v) is 17.1. The van der Waals surface area contributed by atoms with Crippen LogP contribution in [0, 0.1) is 5.41 Å². The fourth-order valence-electron chi connectivity index (χ4n) is 4.54. The van der Waals surface area contributed by atoms with Gasteiger partial charge in [0.2, 0.25) is 0 Å². The molecule has 154 valence electrons. The van der Waals surface area contributed by atoms with Crippen LogP contribution in [0.2, 0.25) is 0 Å². The summed E-state index contributed by atoms with van der Waals surface area (Å²) in [6, 6.07) is 5.93. The first-order valence-electron chi connectivity index (χ1n) is 10.6. The van der Waals surface area contributed by atoms with Gasteiger partial charge in [-0.05, 0) is 61.1 Å². The van der Waals surface area contributed by atoms with Crippen LogP contribution in [-0.2, 0) is 34.5 Å². The monoisotopic (exact) mass is 397 g/mol. The molecule has 2 heterocycles. The van der Waals surface area contributed by atoms with Crippen LogP contribution in [0.15, 0.2) is 24.5 Å². The smallest absolute Gasteiger partial charge is 0.189 e. The van der Waals surface area contributed by atoms with Crippen LogP contribution >= 0.6 is 0 Å². The van der Waals surface area contributed by atoms with Crippen LogP contribution in [-0.4, -0.2) is 23.2 Å². The maximum Gasteiger partial charge on any atom is 0.189 e. The van der Waals surface area contributed by atoms with Crippen molar-refractivity contribution in [3.05, 3.63) is 52.5 Å². The van der Waals surface area contributed by atoms with Gasteiger partial charge in [0.05, 0.1) is 24.5 Å². The average Bonchev–Trinajstić information content (AvgIpc) is 3.08. The second kappa shape index (κ2) is 7.03. The molecule has 0 bridgehead atoms. The predicted octanol–water partition coefficient (Wildman–Crippen LogP) is 4.61. The second-order valence-electron chi connectivity index (χ2n) is 9.14. The summed E-state index contributed by atoms with van der Waals surface area (Å²) in [6.45, 7) is 5.72. The first kappa shape index (κ1) is 18.9. The van der Waals surface area contributed by atoms with Crippen molar-refractivity contribution in [2.75, 3.05) is 18.5 Å². The zero-order chi connectivity index (χ0) is 20.1. The van der Waals surface area contributed by atoms with Gasteiger partial charge in [-0.1, -0.05) is 25.1 Å². The third-order valence-corrected chi connectivity index (χ3v) is 6.65. The minimum absolute atomic E-state index is 0.324. The Hall–Kier alpha value is -2.05. The van der Waals surface area contributed by atoms with E-state index < -0.39 is 12.0 Å². The Bertz CT molecular complexity index is 920. The average molecular weight is 397 g/mol. The molecule has 2 fully saturated rings. The lowest BCUT2D eigenvalue weighted by molar-refractivity contribution is -0.0447. The quantitative estimate of drug-likeness (QED) is 0.772. The number of alkyl halides is 1. The van der Waals surface area contributed by atoms with Gasteiger partial charge in [-0.25, -0.2) is 14.4 Å². The minimum Gasteiger partial charge on any atom is -0.365 e. The van der Waals surface area contributed by atoms with E-state index in [-0.39, 0.29) is 0 Å².